The van der Waals surface area contributed by atoms with Crippen molar-refractivity contribution in [1.29, 1.82) is 0 Å². The van der Waals surface area contributed by atoms with Gasteiger partial charge in [-0.05, 0) is 29.5 Å². The Kier molecular flexibility index (Phi) is 6.44. The number of hydrogen-bond acceptors (Lipinski definition) is 2. The second-order valence-corrected chi connectivity index (χ2v) is 5.69. The van der Waals surface area contributed by atoms with E-state index in [-0.39, 0.29) is 24.0 Å². The zero-order chi connectivity index (χ0) is 15.4. The first kappa shape index (κ1) is 17.8. The van der Waals surface area contributed by atoms with Gasteiger partial charge in [-0.1, -0.05) is 24.3 Å². The molecule has 1 N–H and O–H groups in total. The maximum atomic E-state index is 4.43. The highest BCUT2D eigenvalue weighted by molar-refractivity contribution is 14.0. The third kappa shape index (κ3) is 4.46. The Hall–Kier alpha value is -1.57. The predicted octanol–water partition coefficient (Wildman–Crippen LogP) is 2.21. The minimum atomic E-state index is 0. The molecule has 0 atom stereocenters. The largest absolute Gasteiger partial charge is 0.356 e. The average molecular weight is 425 g/mol. The van der Waals surface area contributed by atoms with E-state index in [0.717, 1.165) is 38.4 Å². The first-order valence-corrected chi connectivity index (χ1v) is 7.76. The van der Waals surface area contributed by atoms with Crippen molar-refractivity contribution in [2.45, 2.75) is 19.4 Å². The van der Waals surface area contributed by atoms with Crippen molar-refractivity contribution in [1.82, 2.24) is 20.0 Å². The van der Waals surface area contributed by atoms with Gasteiger partial charge in [0, 0.05) is 39.9 Å². The molecule has 1 aliphatic rings. The summed E-state index contributed by atoms with van der Waals surface area (Å²) in [6.45, 7) is 2.82. The van der Waals surface area contributed by atoms with Crippen LogP contribution in [0.15, 0.2) is 41.7 Å². The van der Waals surface area contributed by atoms with E-state index in [9.17, 15) is 0 Å². The van der Waals surface area contributed by atoms with Crippen LogP contribution in [0.5, 0.6) is 0 Å². The molecule has 3 rings (SSSR count). The van der Waals surface area contributed by atoms with Crippen LogP contribution < -0.4 is 5.32 Å². The van der Waals surface area contributed by atoms with E-state index in [1.807, 2.05) is 25.0 Å². The first-order valence-electron chi connectivity index (χ1n) is 7.76. The second kappa shape index (κ2) is 8.33. The Bertz CT molecular complexity index is 665. The first-order chi connectivity index (χ1) is 10.8. The van der Waals surface area contributed by atoms with Crippen LogP contribution in [0, 0.1) is 0 Å². The normalized spacial score (nSPS) is 14.2. The van der Waals surface area contributed by atoms with Crippen molar-refractivity contribution in [3.63, 3.8) is 0 Å². The monoisotopic (exact) mass is 425 g/mol. The number of aliphatic imine (C=N–C) groups is 1. The lowest BCUT2D eigenvalue weighted by Crippen LogP contribution is -2.44. The van der Waals surface area contributed by atoms with Gasteiger partial charge in [-0.15, -0.1) is 24.0 Å². The van der Waals surface area contributed by atoms with Crippen molar-refractivity contribution < 1.29 is 0 Å². The number of guanidine groups is 1. The molecular weight excluding hydrogens is 401 g/mol. The Morgan fingerprint density at radius 2 is 2.09 bits per heavy atom. The van der Waals surface area contributed by atoms with Gasteiger partial charge in [0.2, 0.25) is 0 Å². The highest BCUT2D eigenvalue weighted by Crippen LogP contribution is 2.18. The summed E-state index contributed by atoms with van der Waals surface area (Å²) in [7, 11) is 3.80. The summed E-state index contributed by atoms with van der Waals surface area (Å²) in [5, 5.41) is 7.66. The smallest absolute Gasteiger partial charge is 0.193 e. The lowest BCUT2D eigenvalue weighted by Gasteiger charge is -2.31. The fraction of sp³-hybridized carbons (Fsp3) is 0.412. The molecule has 0 bridgehead atoms. The number of aromatic nitrogens is 2. The standard InChI is InChI=1S/C17H23N5.HI/c1-18-17(19-9-7-14-11-20-21(2)12-14)22-10-8-15-5-3-4-6-16(15)13-22;/h3-6,11-12H,7-10,13H2,1-2H3,(H,18,19);1H. The Balaban J connectivity index is 0.00000192. The van der Waals surface area contributed by atoms with Gasteiger partial charge in [-0.3, -0.25) is 9.67 Å². The number of fused-ring (bicyclic) bond motifs is 1. The molecule has 2 heterocycles. The fourth-order valence-corrected chi connectivity index (χ4v) is 2.93. The summed E-state index contributed by atoms with van der Waals surface area (Å²) in [4.78, 5) is 6.76. The van der Waals surface area contributed by atoms with Gasteiger partial charge in [0.1, 0.15) is 0 Å². The lowest BCUT2D eigenvalue weighted by atomic mass is 10.0. The van der Waals surface area contributed by atoms with Crippen molar-refractivity contribution in [3.05, 3.63) is 53.3 Å². The predicted molar refractivity (Wildman–Crippen MR) is 104 cm³/mol. The lowest BCUT2D eigenvalue weighted by molar-refractivity contribution is 0.379. The molecule has 0 amide bonds. The van der Waals surface area contributed by atoms with Crippen LogP contribution >= 0.6 is 24.0 Å². The molecule has 0 spiro atoms. The molecule has 1 aromatic heterocycles. The van der Waals surface area contributed by atoms with Crippen molar-refractivity contribution >= 4 is 29.9 Å². The van der Waals surface area contributed by atoms with E-state index in [1.54, 1.807) is 0 Å². The molecule has 5 nitrogen and oxygen atoms in total. The van der Waals surface area contributed by atoms with Gasteiger partial charge in [0.25, 0.3) is 0 Å². The van der Waals surface area contributed by atoms with E-state index >= 15 is 0 Å². The number of aryl methyl sites for hydroxylation is 1. The molecular formula is C17H24IN5. The molecule has 2 aromatic rings. The van der Waals surface area contributed by atoms with E-state index in [2.05, 4.69) is 50.8 Å². The van der Waals surface area contributed by atoms with E-state index < -0.39 is 0 Å². The molecule has 0 unspecified atom stereocenters. The van der Waals surface area contributed by atoms with Crippen LogP contribution in [0.4, 0.5) is 0 Å². The van der Waals surface area contributed by atoms with Crippen LogP contribution in [-0.2, 0) is 26.4 Å². The summed E-state index contributed by atoms with van der Waals surface area (Å²) >= 11 is 0. The van der Waals surface area contributed by atoms with E-state index in [0.29, 0.717) is 0 Å². The number of benzene rings is 1. The van der Waals surface area contributed by atoms with E-state index in [1.165, 1.54) is 16.7 Å². The number of halogens is 1. The van der Waals surface area contributed by atoms with E-state index in [4.69, 9.17) is 0 Å². The average Bonchev–Trinajstić information content (AvgIpc) is 2.96. The molecule has 1 aliphatic heterocycles. The highest BCUT2D eigenvalue weighted by atomic mass is 127. The molecule has 1 aromatic carbocycles. The fourth-order valence-electron chi connectivity index (χ4n) is 2.93. The zero-order valence-corrected chi connectivity index (χ0v) is 16.0. The summed E-state index contributed by atoms with van der Waals surface area (Å²) in [6, 6.07) is 8.67. The Morgan fingerprint density at radius 1 is 1.30 bits per heavy atom. The van der Waals surface area contributed by atoms with Crippen LogP contribution in [0.2, 0.25) is 0 Å². The van der Waals surface area contributed by atoms with Gasteiger partial charge < -0.3 is 10.2 Å². The third-order valence-corrected chi connectivity index (χ3v) is 4.10. The molecule has 0 saturated carbocycles. The van der Waals surface area contributed by atoms with Crippen LogP contribution in [0.25, 0.3) is 0 Å². The van der Waals surface area contributed by atoms with Gasteiger partial charge in [-0.2, -0.15) is 5.10 Å². The minimum Gasteiger partial charge on any atom is -0.356 e. The molecule has 0 fully saturated rings. The topological polar surface area (TPSA) is 45.5 Å². The number of nitrogens with one attached hydrogen (secondary N) is 1. The van der Waals surface area contributed by atoms with Crippen molar-refractivity contribution in [3.8, 4) is 0 Å². The number of hydrogen-bond donors (Lipinski definition) is 1. The Labute approximate surface area is 154 Å². The highest BCUT2D eigenvalue weighted by Gasteiger charge is 2.18. The Morgan fingerprint density at radius 3 is 2.78 bits per heavy atom. The zero-order valence-electron chi connectivity index (χ0n) is 13.7. The molecule has 23 heavy (non-hydrogen) atoms. The molecule has 0 saturated heterocycles. The second-order valence-electron chi connectivity index (χ2n) is 5.69. The summed E-state index contributed by atoms with van der Waals surface area (Å²) < 4.78 is 1.84. The number of rotatable bonds is 3. The summed E-state index contributed by atoms with van der Waals surface area (Å²) in [5.74, 6) is 0.985. The van der Waals surface area contributed by atoms with Gasteiger partial charge in [0.15, 0.2) is 5.96 Å². The van der Waals surface area contributed by atoms with Gasteiger partial charge in [-0.25, -0.2) is 0 Å². The van der Waals surface area contributed by atoms with Crippen molar-refractivity contribution in [2.24, 2.45) is 12.0 Å². The maximum absolute atomic E-state index is 4.43. The summed E-state index contributed by atoms with van der Waals surface area (Å²) in [6.07, 6.45) is 6.01. The van der Waals surface area contributed by atoms with Crippen LogP contribution in [0.3, 0.4) is 0 Å². The maximum Gasteiger partial charge on any atom is 0.193 e. The molecule has 6 heteroatoms. The summed E-state index contributed by atoms with van der Waals surface area (Å²) in [5.41, 5.74) is 4.11. The minimum absolute atomic E-state index is 0. The third-order valence-electron chi connectivity index (χ3n) is 4.10. The molecule has 124 valence electrons. The molecule has 0 radical (unpaired) electrons. The van der Waals surface area contributed by atoms with Gasteiger partial charge in [0.05, 0.1) is 6.20 Å². The van der Waals surface area contributed by atoms with Crippen molar-refractivity contribution in [2.75, 3.05) is 20.1 Å². The number of nitrogens with zero attached hydrogens (tertiary/aromatic N) is 4. The quantitative estimate of drug-likeness (QED) is 0.466. The van der Waals surface area contributed by atoms with Crippen LogP contribution in [0.1, 0.15) is 16.7 Å². The SMILES string of the molecule is CN=C(NCCc1cnn(C)c1)N1CCc2ccccc2C1.I. The molecule has 0 aliphatic carbocycles. The van der Waals surface area contributed by atoms with Gasteiger partial charge >= 0.3 is 0 Å². The van der Waals surface area contributed by atoms with Crippen LogP contribution in [-0.4, -0.2) is 40.8 Å².